The zero-order chi connectivity index (χ0) is 15.1. The van der Waals surface area contributed by atoms with Crippen molar-refractivity contribution in [3.63, 3.8) is 0 Å². The summed E-state index contributed by atoms with van der Waals surface area (Å²) in [6.45, 7) is -0.0101. The minimum absolute atomic E-state index is 0.0101. The number of aliphatic carboxylic acids is 1. The molecule has 8 heteroatoms. The Morgan fingerprint density at radius 3 is 2.75 bits per heavy atom. The van der Waals surface area contributed by atoms with Gasteiger partial charge in [0.05, 0.1) is 18.2 Å². The van der Waals surface area contributed by atoms with Crippen LogP contribution < -0.4 is 10.6 Å². The quantitative estimate of drug-likeness (QED) is 0.751. The van der Waals surface area contributed by atoms with Gasteiger partial charge in [-0.05, 0) is 18.2 Å². The fourth-order valence-corrected chi connectivity index (χ4v) is 1.56. The molecule has 1 rings (SSSR count). The fraction of sp³-hybridized carbons (Fsp3) is 0.333. The molecular formula is C12H14ClFN2O4. The molecule has 2 amide bonds. The van der Waals surface area contributed by atoms with Gasteiger partial charge in [-0.15, -0.1) is 0 Å². The molecule has 0 saturated heterocycles. The molecule has 1 atom stereocenters. The molecule has 3 N–H and O–H groups in total. The van der Waals surface area contributed by atoms with Crippen LogP contribution in [-0.4, -0.2) is 36.9 Å². The number of halogens is 2. The third-order valence-corrected chi connectivity index (χ3v) is 2.64. The molecular weight excluding hydrogens is 291 g/mol. The maximum absolute atomic E-state index is 13.4. The molecule has 1 aromatic rings. The van der Waals surface area contributed by atoms with Gasteiger partial charge in [-0.3, -0.25) is 4.79 Å². The van der Waals surface area contributed by atoms with E-state index in [0.29, 0.717) is 0 Å². The normalized spacial score (nSPS) is 11.8. The number of benzene rings is 1. The SMILES string of the molecule is COC(CNC(=O)Nc1ccc(Cl)cc1F)CC(=O)O. The average molecular weight is 305 g/mol. The first-order valence-corrected chi connectivity index (χ1v) is 6.04. The van der Waals surface area contributed by atoms with Crippen LogP contribution in [0.4, 0.5) is 14.9 Å². The molecule has 6 nitrogen and oxygen atoms in total. The number of carboxylic acids is 1. The first kappa shape index (κ1) is 16.2. The number of anilines is 1. The standard InChI is InChI=1S/C12H14ClFN2O4/c1-20-8(5-11(17)18)6-15-12(19)16-10-3-2-7(13)4-9(10)14/h2-4,8H,5-6H2,1H3,(H,17,18)(H2,15,16,19). The summed E-state index contributed by atoms with van der Waals surface area (Å²) in [4.78, 5) is 22.0. The Hall–Kier alpha value is -1.86. The number of carbonyl (C=O) groups is 2. The van der Waals surface area contributed by atoms with Gasteiger partial charge in [0.25, 0.3) is 0 Å². The summed E-state index contributed by atoms with van der Waals surface area (Å²) in [5, 5.41) is 13.5. The molecule has 1 unspecified atom stereocenters. The highest BCUT2D eigenvalue weighted by atomic mass is 35.5. The molecule has 0 heterocycles. The Balaban J connectivity index is 2.49. The van der Waals surface area contributed by atoms with E-state index >= 15 is 0 Å². The van der Waals surface area contributed by atoms with E-state index in [1.54, 1.807) is 0 Å². The van der Waals surface area contributed by atoms with Gasteiger partial charge in [-0.1, -0.05) is 11.6 Å². The predicted molar refractivity (Wildman–Crippen MR) is 71.5 cm³/mol. The lowest BCUT2D eigenvalue weighted by Crippen LogP contribution is -2.37. The number of carboxylic acid groups (broad SMARTS) is 1. The van der Waals surface area contributed by atoms with Crippen LogP contribution >= 0.6 is 11.6 Å². The van der Waals surface area contributed by atoms with Crippen LogP contribution in [0.15, 0.2) is 18.2 Å². The number of hydrogen-bond donors (Lipinski definition) is 3. The number of methoxy groups -OCH3 is 1. The van der Waals surface area contributed by atoms with Crippen LogP contribution in [0.2, 0.25) is 5.02 Å². The Bertz CT molecular complexity index is 498. The average Bonchev–Trinajstić information content (AvgIpc) is 2.37. The lowest BCUT2D eigenvalue weighted by Gasteiger charge is -2.14. The van der Waals surface area contributed by atoms with Gasteiger partial charge in [-0.2, -0.15) is 0 Å². The summed E-state index contributed by atoms with van der Waals surface area (Å²) in [6, 6.07) is 3.16. The summed E-state index contributed by atoms with van der Waals surface area (Å²) >= 11 is 5.58. The first-order chi connectivity index (χ1) is 9.42. The van der Waals surface area contributed by atoms with Gasteiger partial charge < -0.3 is 20.5 Å². The number of rotatable bonds is 6. The van der Waals surface area contributed by atoms with Gasteiger partial charge in [-0.25, -0.2) is 9.18 Å². The summed E-state index contributed by atoms with van der Waals surface area (Å²) in [5.74, 6) is -1.70. The first-order valence-electron chi connectivity index (χ1n) is 5.67. The third-order valence-electron chi connectivity index (χ3n) is 2.41. The molecule has 0 saturated carbocycles. The minimum Gasteiger partial charge on any atom is -0.481 e. The maximum atomic E-state index is 13.4. The van der Waals surface area contributed by atoms with Crippen molar-refractivity contribution in [1.29, 1.82) is 0 Å². The van der Waals surface area contributed by atoms with Crippen molar-refractivity contribution < 1.29 is 23.8 Å². The molecule has 0 radical (unpaired) electrons. The topological polar surface area (TPSA) is 87.7 Å². The molecule has 0 spiro atoms. The Kier molecular flexibility index (Phi) is 6.20. The van der Waals surface area contributed by atoms with Crippen molar-refractivity contribution >= 4 is 29.3 Å². The summed E-state index contributed by atoms with van der Waals surface area (Å²) in [5.41, 5.74) is -0.0286. The molecule has 1 aromatic carbocycles. The van der Waals surface area contributed by atoms with Crippen molar-refractivity contribution in [1.82, 2.24) is 5.32 Å². The lowest BCUT2D eigenvalue weighted by atomic mass is 10.2. The zero-order valence-corrected chi connectivity index (χ0v) is 11.4. The molecule has 0 fully saturated rings. The van der Waals surface area contributed by atoms with E-state index < -0.39 is 23.9 Å². The molecule has 0 aliphatic rings. The molecule has 110 valence electrons. The molecule has 0 aliphatic heterocycles. The second-order valence-corrected chi connectivity index (χ2v) is 4.35. The smallest absolute Gasteiger partial charge is 0.319 e. The second kappa shape index (κ2) is 7.66. The van der Waals surface area contributed by atoms with E-state index in [-0.39, 0.29) is 23.7 Å². The fourth-order valence-electron chi connectivity index (χ4n) is 1.40. The number of amides is 2. The number of nitrogens with one attached hydrogen (secondary N) is 2. The van der Waals surface area contributed by atoms with E-state index in [2.05, 4.69) is 10.6 Å². The van der Waals surface area contributed by atoms with E-state index in [1.165, 1.54) is 19.2 Å². The van der Waals surface area contributed by atoms with Gasteiger partial charge in [0, 0.05) is 18.7 Å². The van der Waals surface area contributed by atoms with E-state index in [1.807, 2.05) is 0 Å². The van der Waals surface area contributed by atoms with Crippen molar-refractivity contribution in [2.24, 2.45) is 0 Å². The zero-order valence-electron chi connectivity index (χ0n) is 10.7. The number of carbonyl (C=O) groups excluding carboxylic acids is 1. The highest BCUT2D eigenvalue weighted by molar-refractivity contribution is 6.30. The predicted octanol–water partition coefficient (Wildman–Crippen LogP) is 2.09. The Labute approximate surface area is 119 Å². The van der Waals surface area contributed by atoms with Crippen LogP contribution in [0.5, 0.6) is 0 Å². The monoisotopic (exact) mass is 304 g/mol. The number of ether oxygens (including phenoxy) is 1. The van der Waals surface area contributed by atoms with Crippen LogP contribution in [-0.2, 0) is 9.53 Å². The van der Waals surface area contributed by atoms with Gasteiger partial charge in [0.2, 0.25) is 0 Å². The van der Waals surface area contributed by atoms with Crippen molar-refractivity contribution in [3.05, 3.63) is 29.0 Å². The Morgan fingerprint density at radius 2 is 2.20 bits per heavy atom. The second-order valence-electron chi connectivity index (χ2n) is 3.91. The number of urea groups is 1. The summed E-state index contributed by atoms with van der Waals surface area (Å²) < 4.78 is 18.3. The van der Waals surface area contributed by atoms with Crippen LogP contribution in [0, 0.1) is 5.82 Å². The lowest BCUT2D eigenvalue weighted by molar-refractivity contribution is -0.139. The number of hydrogen-bond acceptors (Lipinski definition) is 3. The van der Waals surface area contributed by atoms with Crippen molar-refractivity contribution in [2.75, 3.05) is 19.0 Å². The summed E-state index contributed by atoms with van der Waals surface area (Å²) in [6.07, 6.45) is -0.903. The van der Waals surface area contributed by atoms with E-state index in [4.69, 9.17) is 21.4 Å². The van der Waals surface area contributed by atoms with Crippen molar-refractivity contribution in [2.45, 2.75) is 12.5 Å². The highest BCUT2D eigenvalue weighted by Gasteiger charge is 2.14. The molecule has 0 bridgehead atoms. The van der Waals surface area contributed by atoms with Gasteiger partial charge in [0.15, 0.2) is 0 Å². The molecule has 0 aromatic heterocycles. The van der Waals surface area contributed by atoms with Crippen LogP contribution in [0.3, 0.4) is 0 Å². The van der Waals surface area contributed by atoms with Crippen LogP contribution in [0.25, 0.3) is 0 Å². The van der Waals surface area contributed by atoms with E-state index in [0.717, 1.165) is 6.07 Å². The third kappa shape index (κ3) is 5.41. The largest absolute Gasteiger partial charge is 0.481 e. The van der Waals surface area contributed by atoms with Gasteiger partial charge >= 0.3 is 12.0 Å². The van der Waals surface area contributed by atoms with Crippen molar-refractivity contribution in [3.8, 4) is 0 Å². The minimum atomic E-state index is -1.04. The summed E-state index contributed by atoms with van der Waals surface area (Å²) in [7, 11) is 1.34. The van der Waals surface area contributed by atoms with Gasteiger partial charge in [0.1, 0.15) is 5.82 Å². The van der Waals surface area contributed by atoms with E-state index in [9.17, 15) is 14.0 Å². The maximum Gasteiger partial charge on any atom is 0.319 e. The molecule has 0 aliphatic carbocycles. The Morgan fingerprint density at radius 1 is 1.50 bits per heavy atom. The highest BCUT2D eigenvalue weighted by Crippen LogP contribution is 2.18. The molecule has 20 heavy (non-hydrogen) atoms. The van der Waals surface area contributed by atoms with Crippen LogP contribution in [0.1, 0.15) is 6.42 Å².